The van der Waals surface area contributed by atoms with Crippen molar-refractivity contribution in [3.05, 3.63) is 60.3 Å². The number of benzene rings is 2. The third-order valence-electron chi connectivity index (χ3n) is 5.64. The van der Waals surface area contributed by atoms with Crippen molar-refractivity contribution in [3.8, 4) is 5.75 Å². The lowest BCUT2D eigenvalue weighted by atomic mass is 10.1. The van der Waals surface area contributed by atoms with Gasteiger partial charge in [-0.3, -0.25) is 9.78 Å². The maximum absolute atomic E-state index is 13.4. The fourth-order valence-corrected chi connectivity index (χ4v) is 5.86. The minimum absolute atomic E-state index is 0.00689. The van der Waals surface area contributed by atoms with Crippen LogP contribution in [0.4, 0.5) is 5.69 Å². The third-order valence-corrected chi connectivity index (χ3v) is 7.67. The molecule has 2 aromatic carbocycles. The van der Waals surface area contributed by atoms with Crippen LogP contribution in [0, 0.1) is 0 Å². The molecule has 0 aliphatic carbocycles. The number of pyridine rings is 1. The maximum Gasteiger partial charge on any atom is 0.255 e. The molecule has 1 amide bonds. The molecule has 0 spiro atoms. The molecule has 1 aromatic heterocycles. The number of nitrogens with one attached hydrogen (secondary N) is 1. The van der Waals surface area contributed by atoms with Crippen molar-refractivity contribution in [1.29, 1.82) is 0 Å². The Balaban J connectivity index is 1.69. The van der Waals surface area contributed by atoms with Crippen molar-refractivity contribution < 1.29 is 17.9 Å². The van der Waals surface area contributed by atoms with Gasteiger partial charge in [-0.05, 0) is 50.1 Å². The van der Waals surface area contributed by atoms with Crippen molar-refractivity contribution >= 4 is 32.5 Å². The summed E-state index contributed by atoms with van der Waals surface area (Å²) in [5.41, 5.74) is 1.46. The Bertz CT molecular complexity index is 1220. The zero-order chi connectivity index (χ0) is 22.0. The number of rotatable bonds is 5. The summed E-state index contributed by atoms with van der Waals surface area (Å²) in [6, 6.07) is 13.6. The molecular formula is C23H25N3O4S. The second kappa shape index (κ2) is 8.64. The van der Waals surface area contributed by atoms with E-state index in [1.807, 2.05) is 31.2 Å². The van der Waals surface area contributed by atoms with E-state index in [0.717, 1.165) is 24.6 Å². The molecular weight excluding hydrogens is 414 g/mol. The topological polar surface area (TPSA) is 88.6 Å². The molecule has 0 saturated carbocycles. The normalized spacial score (nSPS) is 17.4. The summed E-state index contributed by atoms with van der Waals surface area (Å²) < 4.78 is 33.6. The summed E-state index contributed by atoms with van der Waals surface area (Å²) in [5, 5.41) is 3.76. The number of fused-ring (bicyclic) bond motifs is 1. The number of para-hydroxylation sites is 1. The molecule has 1 saturated heterocycles. The van der Waals surface area contributed by atoms with Crippen molar-refractivity contribution in [1.82, 2.24) is 9.29 Å². The Hall–Kier alpha value is -2.97. The zero-order valence-electron chi connectivity index (χ0n) is 17.5. The Kier molecular flexibility index (Phi) is 5.93. The van der Waals surface area contributed by atoms with Gasteiger partial charge in [0, 0.05) is 29.7 Å². The summed E-state index contributed by atoms with van der Waals surface area (Å²) in [5.74, 6) is -0.190. The predicted molar refractivity (Wildman–Crippen MR) is 120 cm³/mol. The molecule has 0 bridgehead atoms. The van der Waals surface area contributed by atoms with E-state index >= 15 is 0 Å². The highest BCUT2D eigenvalue weighted by Gasteiger charge is 2.33. The molecule has 1 N–H and O–H groups in total. The van der Waals surface area contributed by atoms with Gasteiger partial charge in [-0.15, -0.1) is 0 Å². The molecule has 1 aliphatic heterocycles. The van der Waals surface area contributed by atoms with E-state index < -0.39 is 15.9 Å². The van der Waals surface area contributed by atoms with Gasteiger partial charge in [-0.1, -0.05) is 24.6 Å². The molecule has 162 valence electrons. The fourth-order valence-electron chi connectivity index (χ4n) is 3.97. The van der Waals surface area contributed by atoms with Crippen LogP contribution in [0.25, 0.3) is 10.9 Å². The Morgan fingerprint density at radius 1 is 1.16 bits per heavy atom. The number of anilines is 1. The molecule has 1 atom stereocenters. The minimum Gasteiger partial charge on any atom is -0.495 e. The molecule has 1 aliphatic rings. The van der Waals surface area contributed by atoms with E-state index in [9.17, 15) is 13.2 Å². The number of hydrogen-bond acceptors (Lipinski definition) is 5. The summed E-state index contributed by atoms with van der Waals surface area (Å²) in [4.78, 5) is 17.3. The van der Waals surface area contributed by atoms with Crippen LogP contribution in [0.1, 0.15) is 36.5 Å². The molecule has 1 fully saturated rings. The van der Waals surface area contributed by atoms with Crippen molar-refractivity contribution in [2.24, 2.45) is 0 Å². The smallest absolute Gasteiger partial charge is 0.255 e. The van der Waals surface area contributed by atoms with Gasteiger partial charge in [0.1, 0.15) is 10.6 Å². The van der Waals surface area contributed by atoms with Gasteiger partial charge in [0.05, 0.1) is 18.3 Å². The van der Waals surface area contributed by atoms with Gasteiger partial charge in [0.25, 0.3) is 5.91 Å². The first-order valence-electron chi connectivity index (χ1n) is 10.3. The molecule has 8 heteroatoms. The molecule has 3 aromatic rings. The Morgan fingerprint density at radius 3 is 2.74 bits per heavy atom. The lowest BCUT2D eigenvalue weighted by Crippen LogP contribution is -2.42. The summed E-state index contributed by atoms with van der Waals surface area (Å²) >= 11 is 0. The molecule has 0 unspecified atom stereocenters. The predicted octanol–water partition coefficient (Wildman–Crippen LogP) is 4.06. The third kappa shape index (κ3) is 4.13. The number of aromatic nitrogens is 1. The van der Waals surface area contributed by atoms with Crippen LogP contribution >= 0.6 is 0 Å². The van der Waals surface area contributed by atoms with Gasteiger partial charge in [0.2, 0.25) is 10.0 Å². The number of hydrogen-bond donors (Lipinski definition) is 1. The molecule has 0 radical (unpaired) electrons. The van der Waals surface area contributed by atoms with E-state index in [2.05, 4.69) is 10.3 Å². The lowest BCUT2D eigenvalue weighted by molar-refractivity contribution is 0.102. The average molecular weight is 440 g/mol. The number of carbonyl (C=O) groups excluding carboxylic acids is 1. The highest BCUT2D eigenvalue weighted by Crippen LogP contribution is 2.32. The Morgan fingerprint density at radius 2 is 1.97 bits per heavy atom. The summed E-state index contributed by atoms with van der Waals surface area (Å²) in [7, 11) is -2.38. The quantitative estimate of drug-likeness (QED) is 0.648. The summed E-state index contributed by atoms with van der Waals surface area (Å²) in [6.07, 6.45) is 4.30. The van der Waals surface area contributed by atoms with Gasteiger partial charge in [-0.25, -0.2) is 8.42 Å². The number of carbonyl (C=O) groups is 1. The lowest BCUT2D eigenvalue weighted by Gasteiger charge is -2.32. The van der Waals surface area contributed by atoms with E-state index in [4.69, 9.17) is 4.74 Å². The van der Waals surface area contributed by atoms with Crippen LogP contribution in [0.2, 0.25) is 0 Å². The highest BCUT2D eigenvalue weighted by atomic mass is 32.2. The van der Waals surface area contributed by atoms with Crippen molar-refractivity contribution in [3.63, 3.8) is 0 Å². The highest BCUT2D eigenvalue weighted by molar-refractivity contribution is 7.89. The van der Waals surface area contributed by atoms with Gasteiger partial charge < -0.3 is 10.1 Å². The van der Waals surface area contributed by atoms with E-state index in [0.29, 0.717) is 17.7 Å². The van der Waals surface area contributed by atoms with Crippen LogP contribution in [-0.2, 0) is 10.0 Å². The molecule has 31 heavy (non-hydrogen) atoms. The second-order valence-corrected chi connectivity index (χ2v) is 9.52. The minimum atomic E-state index is -3.80. The van der Waals surface area contributed by atoms with Gasteiger partial charge in [-0.2, -0.15) is 4.31 Å². The maximum atomic E-state index is 13.4. The standard InChI is InChI=1S/C23H25N3O4S/c1-16-7-3-4-14-26(16)31(28,29)21-15-18(11-12-20(21)30-2)23(27)25-19-10-5-8-17-9-6-13-24-22(17)19/h5-6,8-13,15-16H,3-4,7,14H2,1-2H3,(H,25,27)/t16-/m1/s1. The monoisotopic (exact) mass is 439 g/mol. The van der Waals surface area contributed by atoms with E-state index in [1.54, 1.807) is 18.3 Å². The number of amides is 1. The average Bonchev–Trinajstić information content (AvgIpc) is 2.79. The largest absolute Gasteiger partial charge is 0.495 e. The first-order valence-corrected chi connectivity index (χ1v) is 11.7. The van der Waals surface area contributed by atoms with Crippen molar-refractivity contribution in [2.75, 3.05) is 19.0 Å². The Labute approximate surface area is 182 Å². The molecule has 7 nitrogen and oxygen atoms in total. The SMILES string of the molecule is COc1ccc(C(=O)Nc2cccc3cccnc23)cc1S(=O)(=O)N1CCCC[C@H]1C. The van der Waals surface area contributed by atoms with E-state index in [1.165, 1.54) is 23.5 Å². The first kappa shape index (κ1) is 21.3. The zero-order valence-corrected chi connectivity index (χ0v) is 18.4. The van der Waals surface area contributed by atoms with Gasteiger partial charge >= 0.3 is 0 Å². The second-order valence-electron chi connectivity index (χ2n) is 7.66. The number of sulfonamides is 1. The van der Waals surface area contributed by atoms with Crippen LogP contribution in [0.15, 0.2) is 59.6 Å². The van der Waals surface area contributed by atoms with Crippen LogP contribution < -0.4 is 10.1 Å². The van der Waals surface area contributed by atoms with Crippen LogP contribution in [0.5, 0.6) is 5.75 Å². The summed E-state index contributed by atoms with van der Waals surface area (Å²) in [6.45, 7) is 2.37. The fraction of sp³-hybridized carbons (Fsp3) is 0.304. The number of piperidine rings is 1. The molecule has 4 rings (SSSR count). The van der Waals surface area contributed by atoms with Crippen LogP contribution in [-0.4, -0.2) is 43.3 Å². The van der Waals surface area contributed by atoms with Gasteiger partial charge in [0.15, 0.2) is 0 Å². The van der Waals surface area contributed by atoms with E-state index in [-0.39, 0.29) is 22.3 Å². The van der Waals surface area contributed by atoms with Crippen molar-refractivity contribution in [2.45, 2.75) is 37.1 Å². The number of methoxy groups -OCH3 is 1. The first-order chi connectivity index (χ1) is 14.9. The number of ether oxygens (including phenoxy) is 1. The molecule has 2 heterocycles. The van der Waals surface area contributed by atoms with Crippen LogP contribution in [0.3, 0.4) is 0 Å². The number of nitrogens with zero attached hydrogens (tertiary/aromatic N) is 2.